The van der Waals surface area contributed by atoms with Crippen molar-refractivity contribution >= 4 is 23.4 Å². The number of aromatic nitrogens is 2. The second-order valence-electron chi connectivity index (χ2n) is 6.70. The van der Waals surface area contributed by atoms with Crippen molar-refractivity contribution in [1.29, 1.82) is 0 Å². The SMILES string of the molecule is CSc1ccccc1NC(=O)CCc1nc(-c2ccc(-c3ccccc3)cc2)no1. The van der Waals surface area contributed by atoms with Gasteiger partial charge in [0.1, 0.15) is 0 Å². The van der Waals surface area contributed by atoms with Gasteiger partial charge < -0.3 is 9.84 Å². The number of rotatable bonds is 7. The van der Waals surface area contributed by atoms with Gasteiger partial charge in [-0.15, -0.1) is 11.8 Å². The van der Waals surface area contributed by atoms with Crippen LogP contribution < -0.4 is 5.32 Å². The number of benzene rings is 3. The maximum atomic E-state index is 12.3. The van der Waals surface area contributed by atoms with Gasteiger partial charge >= 0.3 is 0 Å². The fourth-order valence-electron chi connectivity index (χ4n) is 3.10. The van der Waals surface area contributed by atoms with Gasteiger partial charge in [-0.2, -0.15) is 4.98 Å². The van der Waals surface area contributed by atoms with Crippen molar-refractivity contribution < 1.29 is 9.32 Å². The molecule has 1 heterocycles. The first-order valence-corrected chi connectivity index (χ1v) is 10.9. The van der Waals surface area contributed by atoms with Crippen LogP contribution in [0.4, 0.5) is 5.69 Å². The normalized spacial score (nSPS) is 10.7. The lowest BCUT2D eigenvalue weighted by atomic mass is 10.0. The Morgan fingerprint density at radius 3 is 2.33 bits per heavy atom. The molecule has 0 aliphatic rings. The second-order valence-corrected chi connectivity index (χ2v) is 7.55. The van der Waals surface area contributed by atoms with Crippen LogP contribution >= 0.6 is 11.8 Å². The van der Waals surface area contributed by atoms with E-state index in [2.05, 4.69) is 27.6 Å². The minimum absolute atomic E-state index is 0.0801. The molecule has 5 nitrogen and oxygen atoms in total. The summed E-state index contributed by atoms with van der Waals surface area (Å²) in [7, 11) is 0. The molecular weight excluding hydrogens is 394 g/mol. The first kappa shape index (κ1) is 19.9. The predicted octanol–water partition coefficient (Wildman–Crippen LogP) is 5.70. The van der Waals surface area contributed by atoms with Gasteiger partial charge in [0.05, 0.1) is 5.69 Å². The third-order valence-corrected chi connectivity index (χ3v) is 5.46. The van der Waals surface area contributed by atoms with Gasteiger partial charge in [-0.25, -0.2) is 0 Å². The molecule has 6 heteroatoms. The van der Waals surface area contributed by atoms with Crippen LogP contribution in [-0.4, -0.2) is 22.3 Å². The van der Waals surface area contributed by atoms with Gasteiger partial charge in [-0.05, 0) is 29.5 Å². The van der Waals surface area contributed by atoms with E-state index in [9.17, 15) is 4.79 Å². The van der Waals surface area contributed by atoms with Crippen molar-refractivity contribution in [3.05, 3.63) is 84.8 Å². The van der Waals surface area contributed by atoms with Gasteiger partial charge in [-0.1, -0.05) is 71.9 Å². The van der Waals surface area contributed by atoms with E-state index in [0.29, 0.717) is 18.1 Å². The predicted molar refractivity (Wildman–Crippen MR) is 120 cm³/mol. The second kappa shape index (κ2) is 9.41. The first-order valence-electron chi connectivity index (χ1n) is 9.64. The van der Waals surface area contributed by atoms with Crippen molar-refractivity contribution in [2.24, 2.45) is 0 Å². The van der Waals surface area contributed by atoms with Crippen LogP contribution in [0.5, 0.6) is 0 Å². The molecule has 1 aromatic heterocycles. The molecule has 0 unspecified atom stereocenters. The highest BCUT2D eigenvalue weighted by Crippen LogP contribution is 2.25. The van der Waals surface area contributed by atoms with E-state index in [4.69, 9.17) is 4.52 Å². The minimum atomic E-state index is -0.0801. The van der Waals surface area contributed by atoms with Crippen LogP contribution in [0.3, 0.4) is 0 Å². The Hall–Kier alpha value is -3.38. The van der Waals surface area contributed by atoms with E-state index in [1.165, 1.54) is 0 Å². The zero-order chi connectivity index (χ0) is 20.8. The maximum absolute atomic E-state index is 12.3. The molecule has 150 valence electrons. The van der Waals surface area contributed by atoms with Crippen molar-refractivity contribution in [2.45, 2.75) is 17.7 Å². The Labute approximate surface area is 179 Å². The van der Waals surface area contributed by atoms with E-state index in [1.807, 2.05) is 73.0 Å². The van der Waals surface area contributed by atoms with Crippen LogP contribution in [0.1, 0.15) is 12.3 Å². The topological polar surface area (TPSA) is 68.0 Å². The number of carbonyl (C=O) groups is 1. The molecule has 30 heavy (non-hydrogen) atoms. The summed E-state index contributed by atoms with van der Waals surface area (Å²) in [6.45, 7) is 0. The molecule has 0 aliphatic carbocycles. The molecule has 0 bridgehead atoms. The Balaban J connectivity index is 1.37. The van der Waals surface area contributed by atoms with Crippen LogP contribution in [-0.2, 0) is 11.2 Å². The average Bonchev–Trinajstić information content (AvgIpc) is 3.28. The van der Waals surface area contributed by atoms with Gasteiger partial charge in [0, 0.05) is 23.3 Å². The number of para-hydroxylation sites is 1. The molecule has 0 atom stereocenters. The fraction of sp³-hybridized carbons (Fsp3) is 0.125. The molecule has 0 fully saturated rings. The van der Waals surface area contributed by atoms with Crippen molar-refractivity contribution in [2.75, 3.05) is 11.6 Å². The highest BCUT2D eigenvalue weighted by Gasteiger charge is 2.12. The van der Waals surface area contributed by atoms with Crippen molar-refractivity contribution in [1.82, 2.24) is 10.1 Å². The molecule has 0 aliphatic heterocycles. The third kappa shape index (κ3) is 4.78. The number of anilines is 1. The van der Waals surface area contributed by atoms with Crippen LogP contribution in [0.2, 0.25) is 0 Å². The monoisotopic (exact) mass is 415 g/mol. The van der Waals surface area contributed by atoms with Gasteiger partial charge in [0.2, 0.25) is 17.6 Å². The first-order chi connectivity index (χ1) is 14.7. The Kier molecular flexibility index (Phi) is 6.25. The van der Waals surface area contributed by atoms with E-state index in [-0.39, 0.29) is 12.3 Å². The Morgan fingerprint density at radius 2 is 1.57 bits per heavy atom. The number of nitrogens with one attached hydrogen (secondary N) is 1. The maximum Gasteiger partial charge on any atom is 0.227 e. The number of thioether (sulfide) groups is 1. The molecule has 0 saturated heterocycles. The molecule has 4 rings (SSSR count). The highest BCUT2D eigenvalue weighted by molar-refractivity contribution is 7.98. The standard InChI is InChI=1S/C24H21N3O2S/c1-30-21-10-6-5-9-20(21)25-22(28)15-16-23-26-24(27-29-23)19-13-11-18(12-14-19)17-7-3-2-4-8-17/h2-14H,15-16H2,1H3,(H,25,28). The van der Waals surface area contributed by atoms with E-state index < -0.39 is 0 Å². The minimum Gasteiger partial charge on any atom is -0.339 e. The number of hydrogen-bond donors (Lipinski definition) is 1. The number of nitrogens with zero attached hydrogens (tertiary/aromatic N) is 2. The number of aryl methyl sites for hydroxylation is 1. The lowest BCUT2D eigenvalue weighted by molar-refractivity contribution is -0.116. The molecule has 1 amide bonds. The van der Waals surface area contributed by atoms with Crippen LogP contribution in [0.25, 0.3) is 22.5 Å². The molecule has 4 aromatic rings. The summed E-state index contributed by atoms with van der Waals surface area (Å²) in [5.41, 5.74) is 3.99. The fourth-order valence-corrected chi connectivity index (χ4v) is 3.65. The van der Waals surface area contributed by atoms with E-state index in [1.54, 1.807) is 11.8 Å². The van der Waals surface area contributed by atoms with Crippen LogP contribution in [0.15, 0.2) is 88.3 Å². The summed E-state index contributed by atoms with van der Waals surface area (Å²) < 4.78 is 5.33. The summed E-state index contributed by atoms with van der Waals surface area (Å²) in [5, 5.41) is 7.00. The summed E-state index contributed by atoms with van der Waals surface area (Å²) in [6, 6.07) is 25.9. The number of amides is 1. The number of carbonyl (C=O) groups excluding carboxylic acids is 1. The molecule has 0 saturated carbocycles. The zero-order valence-electron chi connectivity index (χ0n) is 16.5. The van der Waals surface area contributed by atoms with Crippen molar-refractivity contribution in [3.8, 4) is 22.5 Å². The summed E-state index contributed by atoms with van der Waals surface area (Å²) in [4.78, 5) is 17.8. The molecule has 0 radical (unpaired) electrons. The van der Waals surface area contributed by atoms with E-state index >= 15 is 0 Å². The molecule has 1 N–H and O–H groups in total. The van der Waals surface area contributed by atoms with Gasteiger partial charge in [-0.3, -0.25) is 4.79 Å². The number of hydrogen-bond acceptors (Lipinski definition) is 5. The molecule has 3 aromatic carbocycles. The average molecular weight is 416 g/mol. The zero-order valence-corrected chi connectivity index (χ0v) is 17.4. The van der Waals surface area contributed by atoms with E-state index in [0.717, 1.165) is 27.3 Å². The Bertz CT molecular complexity index is 1120. The highest BCUT2D eigenvalue weighted by atomic mass is 32.2. The molecular formula is C24H21N3O2S. The Morgan fingerprint density at radius 1 is 0.900 bits per heavy atom. The van der Waals surface area contributed by atoms with Crippen molar-refractivity contribution in [3.63, 3.8) is 0 Å². The van der Waals surface area contributed by atoms with Crippen LogP contribution in [0, 0.1) is 0 Å². The summed E-state index contributed by atoms with van der Waals surface area (Å²) in [6.07, 6.45) is 2.65. The lowest BCUT2D eigenvalue weighted by Gasteiger charge is -2.08. The quantitative estimate of drug-likeness (QED) is 0.392. The van der Waals surface area contributed by atoms with Gasteiger partial charge in [0.25, 0.3) is 0 Å². The van der Waals surface area contributed by atoms with Gasteiger partial charge in [0.15, 0.2) is 0 Å². The lowest BCUT2D eigenvalue weighted by Crippen LogP contribution is -2.13. The smallest absolute Gasteiger partial charge is 0.227 e. The third-order valence-electron chi connectivity index (χ3n) is 4.67. The largest absolute Gasteiger partial charge is 0.339 e. The molecule has 0 spiro atoms. The summed E-state index contributed by atoms with van der Waals surface area (Å²) >= 11 is 1.60. The summed E-state index contributed by atoms with van der Waals surface area (Å²) in [5.74, 6) is 0.895.